The molecule has 0 bridgehead atoms. The quantitative estimate of drug-likeness (QED) is 0.237. The molecule has 10 nitrogen and oxygen atoms in total. The first-order chi connectivity index (χ1) is 15.2. The second kappa shape index (κ2) is 9.54. The summed E-state index contributed by atoms with van der Waals surface area (Å²) >= 11 is 0.675. The Morgan fingerprint density at radius 2 is 1.94 bits per heavy atom. The molecule has 0 aliphatic rings. The molecular weight excluding hydrogens is 456 g/mol. The summed E-state index contributed by atoms with van der Waals surface area (Å²) in [6.45, 7) is 2.00. The van der Waals surface area contributed by atoms with Gasteiger partial charge in [0.1, 0.15) is 23.2 Å². The molecule has 0 radical (unpaired) electrons. The molecule has 12 heteroatoms. The molecule has 32 heavy (non-hydrogen) atoms. The molecule has 1 N–H and O–H groups in total. The summed E-state index contributed by atoms with van der Waals surface area (Å²) in [4.78, 5) is 24.1. The van der Waals surface area contributed by atoms with E-state index in [1.54, 1.807) is 49.4 Å². The number of sulfone groups is 1. The van der Waals surface area contributed by atoms with Gasteiger partial charge in [-0.2, -0.15) is 5.26 Å². The number of hydrogen-bond donors (Lipinski definition) is 1. The van der Waals surface area contributed by atoms with Crippen molar-refractivity contribution in [2.45, 2.75) is 11.3 Å². The number of hydrogen-bond acceptors (Lipinski definition) is 10. The summed E-state index contributed by atoms with van der Waals surface area (Å²) in [7, 11) is -3.55. The molecule has 164 valence electrons. The Morgan fingerprint density at radius 3 is 2.53 bits per heavy atom. The molecule has 0 unspecified atom stereocenters. The van der Waals surface area contributed by atoms with Crippen LogP contribution in [0.4, 0.5) is 5.13 Å². The van der Waals surface area contributed by atoms with Crippen LogP contribution in [0.1, 0.15) is 23.0 Å². The maximum Gasteiger partial charge on any atom is 0.338 e. The van der Waals surface area contributed by atoms with Crippen LogP contribution in [0, 0.1) is 11.3 Å². The molecule has 0 atom stereocenters. The Bertz CT molecular complexity index is 1330. The minimum absolute atomic E-state index is 0.0570. The van der Waals surface area contributed by atoms with E-state index in [1.165, 1.54) is 6.08 Å². The highest BCUT2D eigenvalue weighted by Crippen LogP contribution is 2.25. The fourth-order valence-electron chi connectivity index (χ4n) is 2.44. The SMILES string of the molecule is CCOC(=O)c1ccc(-c2ccc(/C=C(/C#N)C(=O)Nc3nnc(S(C)(=O)=O)s3)o2)cc1. The Kier molecular flexibility index (Phi) is 6.82. The standard InChI is InChI=1S/C20H16N4O6S2/c1-3-29-18(26)13-6-4-12(5-7-13)16-9-8-15(30-16)10-14(11-21)17(25)22-19-23-24-20(31-19)32(2,27)28/h4-10H,3H2,1-2H3,(H,22,23,25)/b14-10-. The minimum Gasteiger partial charge on any atom is -0.462 e. The molecule has 3 rings (SSSR count). The molecule has 0 spiro atoms. The summed E-state index contributed by atoms with van der Waals surface area (Å²) in [6.07, 6.45) is 2.21. The van der Waals surface area contributed by atoms with Gasteiger partial charge in [0, 0.05) is 17.9 Å². The lowest BCUT2D eigenvalue weighted by Crippen LogP contribution is -2.13. The fraction of sp³-hybridized carbons (Fsp3) is 0.150. The van der Waals surface area contributed by atoms with Crippen molar-refractivity contribution < 1.29 is 27.2 Å². The van der Waals surface area contributed by atoms with E-state index in [2.05, 4.69) is 15.5 Å². The van der Waals surface area contributed by atoms with Gasteiger partial charge in [0.2, 0.25) is 19.3 Å². The van der Waals surface area contributed by atoms with Gasteiger partial charge >= 0.3 is 5.97 Å². The Balaban J connectivity index is 1.75. The highest BCUT2D eigenvalue weighted by atomic mass is 32.2. The largest absolute Gasteiger partial charge is 0.462 e. The molecule has 0 aliphatic heterocycles. The number of amides is 1. The predicted molar refractivity (Wildman–Crippen MR) is 115 cm³/mol. The van der Waals surface area contributed by atoms with Gasteiger partial charge in [-0.1, -0.05) is 23.5 Å². The van der Waals surface area contributed by atoms with Crippen molar-refractivity contribution in [2.24, 2.45) is 0 Å². The number of rotatable bonds is 7. The maximum atomic E-state index is 12.3. The number of esters is 1. The van der Waals surface area contributed by atoms with Crippen LogP contribution in [0.3, 0.4) is 0 Å². The first-order valence-corrected chi connectivity index (χ1v) is 11.8. The Hall–Kier alpha value is -3.82. The van der Waals surface area contributed by atoms with Gasteiger partial charge in [-0.3, -0.25) is 10.1 Å². The maximum absolute atomic E-state index is 12.3. The van der Waals surface area contributed by atoms with Gasteiger partial charge in [-0.15, -0.1) is 10.2 Å². The van der Waals surface area contributed by atoms with E-state index in [9.17, 15) is 23.3 Å². The van der Waals surface area contributed by atoms with E-state index in [-0.39, 0.29) is 27.4 Å². The number of benzene rings is 1. The van der Waals surface area contributed by atoms with Crippen molar-refractivity contribution in [1.82, 2.24) is 10.2 Å². The van der Waals surface area contributed by atoms with Gasteiger partial charge in [-0.05, 0) is 31.2 Å². The lowest BCUT2D eigenvalue weighted by molar-refractivity contribution is -0.112. The zero-order valence-electron chi connectivity index (χ0n) is 16.9. The van der Waals surface area contributed by atoms with Crippen LogP contribution in [0.5, 0.6) is 0 Å². The summed E-state index contributed by atoms with van der Waals surface area (Å²) in [6, 6.07) is 11.6. The first-order valence-electron chi connectivity index (χ1n) is 9.05. The molecule has 3 aromatic rings. The molecule has 1 amide bonds. The molecule has 0 aliphatic carbocycles. The Labute approximate surface area is 187 Å². The van der Waals surface area contributed by atoms with E-state index in [0.29, 0.717) is 28.2 Å². The highest BCUT2D eigenvalue weighted by Gasteiger charge is 2.18. The topological polar surface area (TPSA) is 152 Å². The number of ether oxygens (including phenoxy) is 1. The molecule has 0 fully saturated rings. The van der Waals surface area contributed by atoms with E-state index in [4.69, 9.17) is 9.15 Å². The van der Waals surface area contributed by atoms with Gasteiger partial charge in [0.05, 0.1) is 12.2 Å². The lowest BCUT2D eigenvalue weighted by atomic mass is 10.1. The van der Waals surface area contributed by atoms with Crippen LogP contribution in [0.25, 0.3) is 17.4 Å². The smallest absolute Gasteiger partial charge is 0.338 e. The van der Waals surface area contributed by atoms with Gasteiger partial charge < -0.3 is 9.15 Å². The summed E-state index contributed by atoms with van der Waals surface area (Å²) in [5.41, 5.74) is 0.809. The molecular formula is C20H16N4O6S2. The molecule has 0 saturated heterocycles. The van der Waals surface area contributed by atoms with Crippen molar-refractivity contribution in [2.75, 3.05) is 18.2 Å². The van der Waals surface area contributed by atoms with Gasteiger partial charge in [-0.25, -0.2) is 13.2 Å². The summed E-state index contributed by atoms with van der Waals surface area (Å²) < 4.78 is 33.3. The molecule has 2 aromatic heterocycles. The number of nitrogens with zero attached hydrogens (tertiary/aromatic N) is 3. The predicted octanol–water partition coefficient (Wildman–Crippen LogP) is 2.92. The van der Waals surface area contributed by atoms with E-state index in [1.807, 2.05) is 0 Å². The third-order valence-electron chi connectivity index (χ3n) is 3.90. The number of aromatic nitrogens is 2. The first kappa shape index (κ1) is 22.9. The monoisotopic (exact) mass is 472 g/mol. The second-order valence-electron chi connectivity index (χ2n) is 6.27. The van der Waals surface area contributed by atoms with Crippen LogP contribution in [-0.4, -0.2) is 43.4 Å². The van der Waals surface area contributed by atoms with Crippen LogP contribution in [0.2, 0.25) is 0 Å². The number of furan rings is 1. The molecule has 1 aromatic carbocycles. The van der Waals surface area contributed by atoms with Gasteiger partial charge in [0.25, 0.3) is 5.91 Å². The number of carbonyl (C=O) groups excluding carboxylic acids is 2. The van der Waals surface area contributed by atoms with Crippen molar-refractivity contribution >= 4 is 44.3 Å². The number of anilines is 1. The zero-order chi connectivity index (χ0) is 23.3. The lowest BCUT2D eigenvalue weighted by Gasteiger charge is -2.02. The second-order valence-corrected chi connectivity index (χ2v) is 9.44. The van der Waals surface area contributed by atoms with Crippen molar-refractivity contribution in [3.8, 4) is 17.4 Å². The zero-order valence-corrected chi connectivity index (χ0v) is 18.5. The van der Waals surface area contributed by atoms with Crippen LogP contribution < -0.4 is 5.32 Å². The van der Waals surface area contributed by atoms with E-state index < -0.39 is 21.7 Å². The van der Waals surface area contributed by atoms with Gasteiger partial charge in [0.15, 0.2) is 0 Å². The number of nitrogens with one attached hydrogen (secondary N) is 1. The average molecular weight is 473 g/mol. The highest BCUT2D eigenvalue weighted by molar-refractivity contribution is 7.92. The minimum atomic E-state index is -3.55. The van der Waals surface area contributed by atoms with Crippen molar-refractivity contribution in [3.05, 3.63) is 53.3 Å². The van der Waals surface area contributed by atoms with Crippen molar-refractivity contribution in [1.29, 1.82) is 5.26 Å². The third-order valence-corrected chi connectivity index (χ3v) is 6.41. The Morgan fingerprint density at radius 1 is 1.22 bits per heavy atom. The average Bonchev–Trinajstić information content (AvgIpc) is 3.42. The summed E-state index contributed by atoms with van der Waals surface area (Å²) in [5, 5.41) is 18.7. The van der Waals surface area contributed by atoms with Crippen LogP contribution >= 0.6 is 11.3 Å². The molecule has 2 heterocycles. The number of carbonyl (C=O) groups is 2. The number of nitriles is 1. The molecule has 0 saturated carbocycles. The van der Waals surface area contributed by atoms with Crippen LogP contribution in [-0.2, 0) is 19.4 Å². The summed E-state index contributed by atoms with van der Waals surface area (Å²) in [5.74, 6) is -0.507. The van der Waals surface area contributed by atoms with Crippen molar-refractivity contribution in [3.63, 3.8) is 0 Å². The van der Waals surface area contributed by atoms with E-state index >= 15 is 0 Å². The van der Waals surface area contributed by atoms with Crippen LogP contribution in [0.15, 0.2) is 50.7 Å². The third kappa shape index (κ3) is 5.45. The fourth-order valence-corrected chi connectivity index (χ4v) is 3.94. The normalized spacial score (nSPS) is 11.6. The van der Waals surface area contributed by atoms with E-state index in [0.717, 1.165) is 6.26 Å².